The smallest absolute Gasteiger partial charge is 0.205 e. The largest absolute Gasteiger partial charge is 0.379 e. The number of halogens is 5. The number of hydrogen-bond donors (Lipinski definition) is 2. The Morgan fingerprint density at radius 1 is 0.764 bits per heavy atom. The monoisotopic (exact) mass is 805 g/mol. The quantitative estimate of drug-likeness (QED) is 0.147. The fraction of sp³-hybridized carbons (Fsp3) is 0.256. The van der Waals surface area contributed by atoms with E-state index in [0.717, 1.165) is 0 Å². The molecule has 0 unspecified atom stereocenters. The summed E-state index contributed by atoms with van der Waals surface area (Å²) in [6, 6.07) is 14.8. The van der Waals surface area contributed by atoms with E-state index in [9.17, 15) is 17.6 Å². The van der Waals surface area contributed by atoms with Crippen LogP contribution in [0.1, 0.15) is 33.6 Å². The van der Waals surface area contributed by atoms with Gasteiger partial charge in [0.05, 0.1) is 49.4 Å². The number of ether oxygens (including phenoxy) is 2. The molecule has 4 atom stereocenters. The summed E-state index contributed by atoms with van der Waals surface area (Å²) in [6.45, 7) is 8.39. The maximum absolute atomic E-state index is 14.7. The van der Waals surface area contributed by atoms with Crippen molar-refractivity contribution in [2.45, 2.75) is 11.1 Å². The van der Waals surface area contributed by atoms with E-state index < -0.39 is 34.4 Å². The van der Waals surface area contributed by atoms with Gasteiger partial charge < -0.3 is 20.9 Å². The molecule has 2 aromatic carbocycles. The fourth-order valence-electron chi connectivity index (χ4n) is 6.87. The third kappa shape index (κ3) is 8.01. The number of nitrogens with two attached hydrogens (primary N) is 2. The van der Waals surface area contributed by atoms with E-state index in [1.165, 1.54) is 90.5 Å². The molecule has 2 aromatic heterocycles. The number of benzene rings is 2. The molecule has 2 saturated heterocycles. The normalized spacial score (nSPS) is 24.8. The maximum Gasteiger partial charge on any atom is 0.205 e. The van der Waals surface area contributed by atoms with E-state index in [1.807, 2.05) is 0 Å². The first-order chi connectivity index (χ1) is 26.5. The minimum atomic E-state index is -0.880. The average molecular weight is 806 g/mol. The summed E-state index contributed by atoms with van der Waals surface area (Å²) in [5.41, 5.74) is 12.4. The van der Waals surface area contributed by atoms with Crippen LogP contribution < -0.4 is 11.5 Å². The van der Waals surface area contributed by atoms with E-state index in [1.54, 1.807) is 18.2 Å². The fourth-order valence-corrected chi connectivity index (χ4v) is 8.92. The van der Waals surface area contributed by atoms with Crippen LogP contribution >= 0.6 is 35.1 Å². The lowest BCUT2D eigenvalue weighted by Gasteiger charge is -2.34. The summed E-state index contributed by atoms with van der Waals surface area (Å²) in [5.74, 6) is -0.515. The van der Waals surface area contributed by atoms with Crippen molar-refractivity contribution in [1.29, 1.82) is 0 Å². The van der Waals surface area contributed by atoms with Crippen molar-refractivity contribution >= 4 is 75.0 Å². The lowest BCUT2D eigenvalue weighted by atomic mass is 9.81. The summed E-state index contributed by atoms with van der Waals surface area (Å²) in [4.78, 5) is 20.2. The highest BCUT2D eigenvalue weighted by Crippen LogP contribution is 2.47. The number of hydrogen-bond acceptors (Lipinski definition) is 10. The summed E-state index contributed by atoms with van der Waals surface area (Å²) < 4.78 is 69.8. The van der Waals surface area contributed by atoms with Gasteiger partial charge in [-0.15, -0.1) is 0 Å². The number of rotatable bonds is 6. The second kappa shape index (κ2) is 16.2. The van der Waals surface area contributed by atoms with Gasteiger partial charge in [0.25, 0.3) is 0 Å². The van der Waals surface area contributed by atoms with E-state index in [-0.39, 0.29) is 36.4 Å². The number of pyridine rings is 2. The minimum Gasteiger partial charge on any atom is -0.379 e. The molecule has 0 bridgehead atoms. The predicted molar refractivity (Wildman–Crippen MR) is 211 cm³/mol. The first-order valence-corrected chi connectivity index (χ1v) is 19.3. The molecular formula is C39H32ClF4N7O2S2. The molecule has 4 aliphatic heterocycles. The Labute approximate surface area is 327 Å². The van der Waals surface area contributed by atoms with Gasteiger partial charge in [-0.25, -0.2) is 32.4 Å². The number of aromatic nitrogens is 2. The Bertz CT molecular complexity index is 2270. The first kappa shape index (κ1) is 38.6. The van der Waals surface area contributed by atoms with Gasteiger partial charge in [0, 0.05) is 46.9 Å². The predicted octanol–water partition coefficient (Wildman–Crippen LogP) is 8.39. The molecule has 16 heteroatoms. The third-order valence-electron chi connectivity index (χ3n) is 9.71. The van der Waals surface area contributed by atoms with Gasteiger partial charge in [0.1, 0.15) is 34.4 Å². The number of fused-ring (bicyclic) bond motifs is 2. The molecule has 2 fully saturated rings. The first-order valence-electron chi connectivity index (χ1n) is 16.9. The highest BCUT2D eigenvalue weighted by atomic mass is 35.5. The molecule has 4 N–H and O–H groups in total. The Balaban J connectivity index is 0.000000169. The summed E-state index contributed by atoms with van der Waals surface area (Å²) >= 11 is 8.66. The maximum atomic E-state index is 14.7. The Kier molecular flexibility index (Phi) is 11.3. The lowest BCUT2D eigenvalue weighted by molar-refractivity contribution is 0.176. The van der Waals surface area contributed by atoms with Crippen LogP contribution in [0.3, 0.4) is 0 Å². The molecule has 0 amide bonds. The van der Waals surface area contributed by atoms with Gasteiger partial charge in [-0.2, -0.15) is 0 Å². The molecule has 55 heavy (non-hydrogen) atoms. The van der Waals surface area contributed by atoms with Crippen molar-refractivity contribution in [2.24, 2.45) is 33.3 Å². The molecule has 8 rings (SSSR count). The van der Waals surface area contributed by atoms with Gasteiger partial charge in [0.15, 0.2) is 10.3 Å². The Morgan fingerprint density at radius 2 is 1.25 bits per heavy atom. The molecule has 4 aromatic rings. The SMILES string of the molecule is NC1=N[C@]2(c3cc(/C=C(\F)c4ccc(Cl)cn4)ccc3F)COC[C@@H]2CS1.[C-]#[N+]c1ccc(/C(F)=C/c2ccc(F)c([C@@]34COC[C@@H]3CSC(N)=N4)c2)nc1. The van der Waals surface area contributed by atoms with E-state index >= 15 is 0 Å². The molecule has 0 saturated carbocycles. The van der Waals surface area contributed by atoms with Crippen LogP contribution in [0.5, 0.6) is 0 Å². The van der Waals surface area contributed by atoms with Crippen LogP contribution in [-0.2, 0) is 20.6 Å². The van der Waals surface area contributed by atoms with Crippen molar-refractivity contribution < 1.29 is 27.0 Å². The molecule has 0 aliphatic carbocycles. The number of aliphatic imine (C=N–C) groups is 2. The lowest BCUT2D eigenvalue weighted by Crippen LogP contribution is -2.40. The van der Waals surface area contributed by atoms with Crippen molar-refractivity contribution in [3.63, 3.8) is 0 Å². The standard InChI is InChI=1S/C20H16F2N4OS.C19H16ClF2N3OS/c1-24-14-3-5-18(25-8-14)17(22)7-12-2-4-16(21)15(6-12)20-11-27-9-13(20)10-28-19(23)26-20;20-13-2-4-17(24-7-13)16(22)6-11-1-3-15(21)14(5-11)19-10-26-8-12(19)9-27-18(23)25-19/h2-8,13H,9-11H2,(H2,23,26);1-7,12H,8-10H2,(H2,23,25)/b17-7-;16-6-/t13-,20-;12-,19-/m11/s1. The van der Waals surface area contributed by atoms with Crippen LogP contribution in [0.4, 0.5) is 23.2 Å². The third-order valence-corrected chi connectivity index (χ3v) is 11.8. The summed E-state index contributed by atoms with van der Waals surface area (Å²) in [7, 11) is 0. The van der Waals surface area contributed by atoms with Crippen molar-refractivity contribution in [2.75, 3.05) is 37.9 Å². The Morgan fingerprint density at radius 3 is 1.69 bits per heavy atom. The number of amidine groups is 2. The summed E-state index contributed by atoms with van der Waals surface area (Å²) in [5, 5.41) is 1.23. The van der Waals surface area contributed by atoms with E-state index in [0.29, 0.717) is 68.0 Å². The minimum absolute atomic E-state index is 0.00575. The van der Waals surface area contributed by atoms with Gasteiger partial charge in [-0.3, -0.25) is 9.97 Å². The highest BCUT2D eigenvalue weighted by Gasteiger charge is 2.50. The van der Waals surface area contributed by atoms with Gasteiger partial charge >= 0.3 is 0 Å². The zero-order chi connectivity index (χ0) is 38.7. The van der Waals surface area contributed by atoms with Crippen LogP contribution in [0.25, 0.3) is 28.7 Å². The van der Waals surface area contributed by atoms with Crippen molar-refractivity contribution in [3.8, 4) is 0 Å². The van der Waals surface area contributed by atoms with E-state index in [2.05, 4.69) is 24.8 Å². The Hall–Kier alpha value is -4.72. The van der Waals surface area contributed by atoms with Crippen LogP contribution in [0.2, 0.25) is 5.02 Å². The molecule has 0 radical (unpaired) electrons. The molecule has 282 valence electrons. The number of thioether (sulfide) groups is 2. The molecule has 0 spiro atoms. The van der Waals surface area contributed by atoms with Crippen molar-refractivity contribution in [1.82, 2.24) is 9.97 Å². The van der Waals surface area contributed by atoms with Crippen LogP contribution in [0, 0.1) is 30.0 Å². The zero-order valence-corrected chi connectivity index (χ0v) is 31.3. The van der Waals surface area contributed by atoms with E-state index in [4.69, 9.17) is 39.1 Å². The summed E-state index contributed by atoms with van der Waals surface area (Å²) in [6.07, 6.45) is 5.28. The van der Waals surface area contributed by atoms with Gasteiger partial charge in [0.2, 0.25) is 5.69 Å². The average Bonchev–Trinajstić information content (AvgIpc) is 3.81. The number of nitrogens with zero attached hydrogens (tertiary/aromatic N) is 5. The van der Waals surface area contributed by atoms with Crippen LogP contribution in [0.15, 0.2) is 83.0 Å². The molecule has 4 aliphatic rings. The van der Waals surface area contributed by atoms with Gasteiger partial charge in [-0.1, -0.05) is 53.3 Å². The zero-order valence-electron chi connectivity index (χ0n) is 28.9. The van der Waals surface area contributed by atoms with Crippen molar-refractivity contribution in [3.05, 3.63) is 135 Å². The molecule has 6 heterocycles. The second-order valence-corrected chi connectivity index (χ2v) is 15.6. The van der Waals surface area contributed by atoms with Crippen LogP contribution in [-0.4, -0.2) is 58.2 Å². The highest BCUT2D eigenvalue weighted by molar-refractivity contribution is 8.14. The topological polar surface area (TPSA) is 125 Å². The van der Waals surface area contributed by atoms with Gasteiger partial charge in [-0.05, 0) is 65.7 Å². The second-order valence-electron chi connectivity index (χ2n) is 13.1. The molecular weight excluding hydrogens is 774 g/mol. The molecule has 9 nitrogen and oxygen atoms in total.